The number of aliphatic hydroxyl groups excluding tert-OH is 1. The molecule has 0 fully saturated rings. The van der Waals surface area contributed by atoms with Crippen LogP contribution >= 0.6 is 0 Å². The summed E-state index contributed by atoms with van der Waals surface area (Å²) in [6.07, 6.45) is 6.05. The summed E-state index contributed by atoms with van der Waals surface area (Å²) in [6, 6.07) is 3.47. The quantitative estimate of drug-likeness (QED) is 0.787. The molecule has 2 atom stereocenters. The van der Waals surface area contributed by atoms with Crippen LogP contribution in [0, 0.1) is 17.6 Å². The smallest absolute Gasteiger partial charge is 0.220 e. The standard InChI is InChI=1S/C18H18F2N2O3/c19-13-2-1-3-14(20)18(13)15-9-21-17(25-15)7-6-16(24)22-12-5-4-11(8-12)10-23/h1-5,9,11-12,23H,6-8,10H2,(H,22,24)/t11-,12+/m0/s1. The summed E-state index contributed by atoms with van der Waals surface area (Å²) in [5.41, 5.74) is -0.267. The predicted octanol–water partition coefficient (Wildman–Crippen LogP) is 2.61. The van der Waals surface area contributed by atoms with E-state index in [9.17, 15) is 13.6 Å². The number of hydrogen-bond donors (Lipinski definition) is 2. The molecule has 0 saturated heterocycles. The lowest BCUT2D eigenvalue weighted by Gasteiger charge is -2.12. The van der Waals surface area contributed by atoms with E-state index in [1.165, 1.54) is 12.3 Å². The van der Waals surface area contributed by atoms with Crippen molar-refractivity contribution in [3.05, 3.63) is 54.1 Å². The van der Waals surface area contributed by atoms with Gasteiger partial charge in [-0.25, -0.2) is 13.8 Å². The molecule has 3 rings (SSSR count). The summed E-state index contributed by atoms with van der Waals surface area (Å²) in [5.74, 6) is -1.32. The maximum absolute atomic E-state index is 13.7. The predicted molar refractivity (Wildman–Crippen MR) is 86.4 cm³/mol. The molecule has 0 unspecified atom stereocenters. The van der Waals surface area contributed by atoms with Crippen LogP contribution in [0.15, 0.2) is 41.0 Å². The van der Waals surface area contributed by atoms with Crippen molar-refractivity contribution in [1.29, 1.82) is 0 Å². The van der Waals surface area contributed by atoms with Crippen LogP contribution in [0.5, 0.6) is 0 Å². The second kappa shape index (κ2) is 7.57. The molecule has 7 heteroatoms. The minimum absolute atomic E-state index is 0.00415. The van der Waals surface area contributed by atoms with E-state index in [1.807, 2.05) is 12.2 Å². The van der Waals surface area contributed by atoms with Gasteiger partial charge in [-0.15, -0.1) is 0 Å². The number of carbonyl (C=O) groups excluding carboxylic acids is 1. The Bertz CT molecular complexity index is 768. The van der Waals surface area contributed by atoms with Crippen molar-refractivity contribution < 1.29 is 23.1 Å². The number of nitrogens with zero attached hydrogens (tertiary/aromatic N) is 1. The lowest BCUT2D eigenvalue weighted by atomic mass is 10.1. The van der Waals surface area contributed by atoms with Crippen LogP contribution in [0.25, 0.3) is 11.3 Å². The van der Waals surface area contributed by atoms with Crippen LogP contribution in [0.2, 0.25) is 0 Å². The molecule has 0 bridgehead atoms. The second-order valence-corrected chi connectivity index (χ2v) is 5.95. The zero-order chi connectivity index (χ0) is 17.8. The highest BCUT2D eigenvalue weighted by Crippen LogP contribution is 2.26. The molecule has 1 aliphatic rings. The lowest BCUT2D eigenvalue weighted by molar-refractivity contribution is -0.121. The van der Waals surface area contributed by atoms with Crippen molar-refractivity contribution >= 4 is 5.91 Å². The first-order valence-corrected chi connectivity index (χ1v) is 8.04. The lowest BCUT2D eigenvalue weighted by Crippen LogP contribution is -2.33. The average molecular weight is 348 g/mol. The highest BCUT2D eigenvalue weighted by atomic mass is 19.1. The summed E-state index contributed by atoms with van der Waals surface area (Å²) in [4.78, 5) is 15.9. The van der Waals surface area contributed by atoms with Gasteiger partial charge in [0.1, 0.15) is 11.6 Å². The summed E-state index contributed by atoms with van der Waals surface area (Å²) >= 11 is 0. The molecular weight excluding hydrogens is 330 g/mol. The van der Waals surface area contributed by atoms with E-state index in [0.717, 1.165) is 12.1 Å². The Kier molecular flexibility index (Phi) is 5.23. The van der Waals surface area contributed by atoms with E-state index in [2.05, 4.69) is 10.3 Å². The van der Waals surface area contributed by atoms with Gasteiger partial charge in [0.25, 0.3) is 0 Å². The molecule has 1 heterocycles. The largest absolute Gasteiger partial charge is 0.441 e. The monoisotopic (exact) mass is 348 g/mol. The van der Waals surface area contributed by atoms with E-state index in [4.69, 9.17) is 9.52 Å². The van der Waals surface area contributed by atoms with Crippen LogP contribution < -0.4 is 5.32 Å². The number of benzene rings is 1. The number of oxazole rings is 1. The van der Waals surface area contributed by atoms with Crippen LogP contribution in [0.4, 0.5) is 8.78 Å². The highest BCUT2D eigenvalue weighted by Gasteiger charge is 2.20. The Morgan fingerprint density at radius 1 is 1.32 bits per heavy atom. The minimum Gasteiger partial charge on any atom is -0.441 e. The van der Waals surface area contributed by atoms with Gasteiger partial charge in [-0.3, -0.25) is 4.79 Å². The van der Waals surface area contributed by atoms with Crippen molar-refractivity contribution in [3.8, 4) is 11.3 Å². The van der Waals surface area contributed by atoms with Crippen molar-refractivity contribution in [2.75, 3.05) is 6.61 Å². The third-order valence-corrected chi connectivity index (χ3v) is 4.08. The zero-order valence-electron chi connectivity index (χ0n) is 13.4. The first kappa shape index (κ1) is 17.3. The van der Waals surface area contributed by atoms with Crippen LogP contribution in [0.3, 0.4) is 0 Å². The molecule has 5 nitrogen and oxygen atoms in total. The zero-order valence-corrected chi connectivity index (χ0v) is 13.4. The van der Waals surface area contributed by atoms with Gasteiger partial charge in [-0.05, 0) is 18.6 Å². The van der Waals surface area contributed by atoms with Crippen molar-refractivity contribution in [1.82, 2.24) is 10.3 Å². The number of hydrogen-bond acceptors (Lipinski definition) is 4. The molecule has 2 N–H and O–H groups in total. The maximum Gasteiger partial charge on any atom is 0.220 e. The highest BCUT2D eigenvalue weighted by molar-refractivity contribution is 5.76. The SMILES string of the molecule is O=C(CCc1ncc(-c2c(F)cccc2F)o1)N[C@@H]1C=C[C@H](CO)C1. The fourth-order valence-electron chi connectivity index (χ4n) is 2.79. The van der Waals surface area contributed by atoms with E-state index < -0.39 is 11.6 Å². The first-order valence-electron chi connectivity index (χ1n) is 8.04. The molecule has 132 valence electrons. The van der Waals surface area contributed by atoms with E-state index in [1.54, 1.807) is 0 Å². The average Bonchev–Trinajstić information content (AvgIpc) is 3.22. The molecule has 2 aromatic rings. The molecule has 1 aromatic heterocycles. The molecule has 1 amide bonds. The topological polar surface area (TPSA) is 75.4 Å². The number of amides is 1. The van der Waals surface area contributed by atoms with Gasteiger partial charge < -0.3 is 14.8 Å². The fourth-order valence-corrected chi connectivity index (χ4v) is 2.79. The Morgan fingerprint density at radius 3 is 2.76 bits per heavy atom. The van der Waals surface area contributed by atoms with Gasteiger partial charge in [0, 0.05) is 31.4 Å². The van der Waals surface area contributed by atoms with Gasteiger partial charge in [0.2, 0.25) is 5.91 Å². The molecule has 1 aromatic carbocycles. The summed E-state index contributed by atoms with van der Waals surface area (Å²) in [5, 5.41) is 11.9. The van der Waals surface area contributed by atoms with E-state index in [-0.39, 0.29) is 54.5 Å². The molecule has 0 spiro atoms. The molecule has 0 radical (unpaired) electrons. The number of aliphatic hydroxyl groups is 1. The molecule has 1 aliphatic carbocycles. The first-order chi connectivity index (χ1) is 12.1. The molecule has 0 saturated carbocycles. The van der Waals surface area contributed by atoms with E-state index >= 15 is 0 Å². The van der Waals surface area contributed by atoms with Crippen LogP contribution in [-0.4, -0.2) is 28.6 Å². The number of carbonyl (C=O) groups is 1. The van der Waals surface area contributed by atoms with Crippen molar-refractivity contribution in [2.24, 2.45) is 5.92 Å². The number of aromatic nitrogens is 1. The van der Waals surface area contributed by atoms with Crippen LogP contribution in [0.1, 0.15) is 18.7 Å². The van der Waals surface area contributed by atoms with Crippen LogP contribution in [-0.2, 0) is 11.2 Å². The normalized spacial score (nSPS) is 19.3. The Morgan fingerprint density at radius 2 is 2.08 bits per heavy atom. The number of nitrogens with one attached hydrogen (secondary N) is 1. The number of halogens is 2. The fraction of sp³-hybridized carbons (Fsp3) is 0.333. The molecule has 0 aliphatic heterocycles. The van der Waals surface area contributed by atoms with Gasteiger partial charge in [-0.1, -0.05) is 18.2 Å². The van der Waals surface area contributed by atoms with Gasteiger partial charge in [0.05, 0.1) is 11.8 Å². The number of rotatable bonds is 6. The Labute approximate surface area is 143 Å². The summed E-state index contributed by atoms with van der Waals surface area (Å²) < 4.78 is 32.8. The van der Waals surface area contributed by atoms with Crippen molar-refractivity contribution in [3.63, 3.8) is 0 Å². The molecule has 25 heavy (non-hydrogen) atoms. The summed E-state index contributed by atoms with van der Waals surface area (Å²) in [7, 11) is 0. The molecular formula is C18H18F2N2O3. The second-order valence-electron chi connectivity index (χ2n) is 5.95. The van der Waals surface area contributed by atoms with E-state index in [0.29, 0.717) is 6.42 Å². The van der Waals surface area contributed by atoms with Gasteiger partial charge in [-0.2, -0.15) is 0 Å². The van der Waals surface area contributed by atoms with Gasteiger partial charge in [0.15, 0.2) is 11.7 Å². The summed E-state index contributed by atoms with van der Waals surface area (Å²) in [6.45, 7) is 0.0641. The Hall–Kier alpha value is -2.54. The Balaban J connectivity index is 1.55. The van der Waals surface area contributed by atoms with Crippen molar-refractivity contribution in [2.45, 2.75) is 25.3 Å². The minimum atomic E-state index is -0.730. The van der Waals surface area contributed by atoms with Gasteiger partial charge >= 0.3 is 0 Å². The number of aryl methyl sites for hydroxylation is 1. The maximum atomic E-state index is 13.7. The third-order valence-electron chi connectivity index (χ3n) is 4.08. The third kappa shape index (κ3) is 4.11.